The molecule has 5 nitrogen and oxygen atoms in total. The number of nitrogens with zero attached hydrogens (tertiary/aromatic N) is 4. The zero-order valence-electron chi connectivity index (χ0n) is 19.4. The van der Waals surface area contributed by atoms with Gasteiger partial charge in [-0.1, -0.05) is 30.3 Å². The van der Waals surface area contributed by atoms with Gasteiger partial charge in [0.15, 0.2) is 0 Å². The third-order valence-corrected chi connectivity index (χ3v) is 7.00. The van der Waals surface area contributed by atoms with Crippen molar-refractivity contribution in [3.63, 3.8) is 0 Å². The minimum absolute atomic E-state index is 0.112. The molecule has 5 heteroatoms. The predicted octanol–water partition coefficient (Wildman–Crippen LogP) is 5.20. The Bertz CT molecular complexity index is 1340. The summed E-state index contributed by atoms with van der Waals surface area (Å²) in [7, 11) is 0. The molecule has 0 N–H and O–H groups in total. The van der Waals surface area contributed by atoms with E-state index in [0.29, 0.717) is 0 Å². The number of carbonyl (C=O) groups excluding carboxylic acids is 1. The van der Waals surface area contributed by atoms with Crippen LogP contribution < -0.4 is 9.80 Å². The number of piperazine rings is 1. The Morgan fingerprint density at radius 2 is 1.56 bits per heavy atom. The van der Waals surface area contributed by atoms with Gasteiger partial charge in [-0.3, -0.25) is 4.79 Å². The summed E-state index contributed by atoms with van der Waals surface area (Å²) in [6.45, 7) is 6.21. The summed E-state index contributed by atoms with van der Waals surface area (Å²) in [6, 6.07) is 27.2. The van der Waals surface area contributed by atoms with Crippen LogP contribution in [-0.2, 0) is 6.42 Å². The summed E-state index contributed by atoms with van der Waals surface area (Å²) < 4.78 is 0. The average molecular weight is 449 g/mol. The Kier molecular flexibility index (Phi) is 5.17. The molecule has 34 heavy (non-hydrogen) atoms. The lowest BCUT2D eigenvalue weighted by molar-refractivity contribution is 0.0747. The smallest absolute Gasteiger partial charge is 0.253 e. The second-order valence-corrected chi connectivity index (χ2v) is 9.23. The van der Waals surface area contributed by atoms with Crippen molar-refractivity contribution in [2.45, 2.75) is 13.3 Å². The minimum atomic E-state index is 0.112. The van der Waals surface area contributed by atoms with Gasteiger partial charge in [-0.15, -0.1) is 0 Å². The van der Waals surface area contributed by atoms with E-state index in [1.54, 1.807) is 0 Å². The Morgan fingerprint density at radius 3 is 2.32 bits per heavy atom. The van der Waals surface area contributed by atoms with Crippen LogP contribution in [0.15, 0.2) is 78.9 Å². The molecule has 6 rings (SSSR count). The van der Waals surface area contributed by atoms with E-state index in [1.807, 2.05) is 23.1 Å². The van der Waals surface area contributed by atoms with Crippen LogP contribution in [0.5, 0.6) is 0 Å². The lowest BCUT2D eigenvalue weighted by Gasteiger charge is -2.36. The molecule has 0 spiro atoms. The Labute approximate surface area is 200 Å². The maximum atomic E-state index is 13.1. The maximum Gasteiger partial charge on any atom is 0.253 e. The summed E-state index contributed by atoms with van der Waals surface area (Å²) in [5.41, 5.74) is 6.60. The molecule has 1 aromatic heterocycles. The SMILES string of the molecule is Cc1ccc2cc3c(nc2c1)N(c1ccc(C(=O)N2CCN(c4ccccc4)CC2)cc1)CC3. The van der Waals surface area contributed by atoms with Crippen LogP contribution in [0, 0.1) is 6.92 Å². The van der Waals surface area contributed by atoms with Crippen molar-refractivity contribution in [1.29, 1.82) is 0 Å². The van der Waals surface area contributed by atoms with E-state index in [2.05, 4.69) is 77.4 Å². The van der Waals surface area contributed by atoms with E-state index in [4.69, 9.17) is 4.98 Å². The van der Waals surface area contributed by atoms with Gasteiger partial charge < -0.3 is 14.7 Å². The Morgan fingerprint density at radius 1 is 0.794 bits per heavy atom. The van der Waals surface area contributed by atoms with Gasteiger partial charge in [-0.2, -0.15) is 0 Å². The van der Waals surface area contributed by atoms with Crippen molar-refractivity contribution in [2.24, 2.45) is 0 Å². The minimum Gasteiger partial charge on any atom is -0.368 e. The van der Waals surface area contributed by atoms with Gasteiger partial charge in [0.1, 0.15) is 5.82 Å². The molecular formula is C29H28N4O. The first kappa shape index (κ1) is 20.7. The molecule has 2 aliphatic rings. The molecular weight excluding hydrogens is 420 g/mol. The summed E-state index contributed by atoms with van der Waals surface area (Å²) in [4.78, 5) is 24.7. The fourth-order valence-corrected chi connectivity index (χ4v) is 5.09. The van der Waals surface area contributed by atoms with Gasteiger partial charge in [-0.05, 0) is 73.0 Å². The monoisotopic (exact) mass is 448 g/mol. The van der Waals surface area contributed by atoms with Gasteiger partial charge in [0, 0.05) is 55.0 Å². The molecule has 0 radical (unpaired) electrons. The number of fused-ring (bicyclic) bond motifs is 2. The molecule has 0 aliphatic carbocycles. The van der Waals surface area contributed by atoms with Crippen molar-refractivity contribution in [1.82, 2.24) is 9.88 Å². The molecule has 0 saturated carbocycles. The predicted molar refractivity (Wildman–Crippen MR) is 138 cm³/mol. The highest BCUT2D eigenvalue weighted by molar-refractivity contribution is 5.95. The van der Waals surface area contributed by atoms with Crippen LogP contribution in [-0.4, -0.2) is 48.5 Å². The quantitative estimate of drug-likeness (QED) is 0.432. The molecule has 4 aromatic rings. The normalized spacial score (nSPS) is 15.6. The number of aromatic nitrogens is 1. The molecule has 1 saturated heterocycles. The lowest BCUT2D eigenvalue weighted by atomic mass is 10.1. The number of carbonyl (C=O) groups is 1. The highest BCUT2D eigenvalue weighted by Crippen LogP contribution is 2.35. The Balaban J connectivity index is 1.17. The molecule has 0 atom stereocenters. The number of rotatable bonds is 3. The van der Waals surface area contributed by atoms with E-state index in [1.165, 1.54) is 22.2 Å². The van der Waals surface area contributed by atoms with Crippen LogP contribution in [0.3, 0.4) is 0 Å². The van der Waals surface area contributed by atoms with Crippen LogP contribution >= 0.6 is 0 Å². The average Bonchev–Trinajstić information content (AvgIpc) is 3.30. The van der Waals surface area contributed by atoms with E-state index >= 15 is 0 Å². The van der Waals surface area contributed by atoms with Gasteiger partial charge in [-0.25, -0.2) is 4.98 Å². The summed E-state index contributed by atoms with van der Waals surface area (Å²) in [5, 5.41) is 1.19. The molecule has 0 bridgehead atoms. The Hall–Kier alpha value is -3.86. The van der Waals surface area contributed by atoms with E-state index in [9.17, 15) is 4.79 Å². The maximum absolute atomic E-state index is 13.1. The van der Waals surface area contributed by atoms with Gasteiger partial charge in [0.25, 0.3) is 5.91 Å². The third kappa shape index (κ3) is 3.77. The van der Waals surface area contributed by atoms with Crippen molar-refractivity contribution >= 4 is 34.0 Å². The number of hydrogen-bond donors (Lipinski definition) is 0. The first-order valence-electron chi connectivity index (χ1n) is 12.0. The summed E-state index contributed by atoms with van der Waals surface area (Å²) in [6.07, 6.45) is 0.985. The number of anilines is 3. The number of benzene rings is 3. The van der Waals surface area contributed by atoms with E-state index in [0.717, 1.165) is 61.7 Å². The summed E-state index contributed by atoms with van der Waals surface area (Å²) in [5.74, 6) is 1.15. The standard InChI is InChI=1S/C29H28N4O/c1-21-7-8-23-20-24-13-14-33(28(24)30-27(23)19-21)26-11-9-22(10-12-26)29(34)32-17-15-31(16-18-32)25-5-3-2-4-6-25/h2-12,19-20H,13-18H2,1H3. The van der Waals surface area contributed by atoms with Gasteiger partial charge >= 0.3 is 0 Å². The molecule has 1 fully saturated rings. The molecule has 2 aliphatic heterocycles. The van der Waals surface area contributed by atoms with E-state index in [-0.39, 0.29) is 5.91 Å². The second kappa shape index (κ2) is 8.49. The molecule has 170 valence electrons. The van der Waals surface area contributed by atoms with Gasteiger partial charge in [0.2, 0.25) is 0 Å². The highest BCUT2D eigenvalue weighted by Gasteiger charge is 2.25. The van der Waals surface area contributed by atoms with Crippen LogP contribution in [0.1, 0.15) is 21.5 Å². The number of pyridine rings is 1. The zero-order valence-corrected chi connectivity index (χ0v) is 19.4. The number of hydrogen-bond acceptors (Lipinski definition) is 4. The third-order valence-electron chi connectivity index (χ3n) is 7.00. The fraction of sp³-hybridized carbons (Fsp3) is 0.241. The van der Waals surface area contributed by atoms with Crippen LogP contribution in [0.4, 0.5) is 17.2 Å². The largest absolute Gasteiger partial charge is 0.368 e. The van der Waals surface area contributed by atoms with Crippen molar-refractivity contribution in [2.75, 3.05) is 42.5 Å². The van der Waals surface area contributed by atoms with Crippen LogP contribution in [0.25, 0.3) is 10.9 Å². The van der Waals surface area contributed by atoms with Crippen molar-refractivity contribution < 1.29 is 4.79 Å². The fourth-order valence-electron chi connectivity index (χ4n) is 5.09. The van der Waals surface area contributed by atoms with Crippen molar-refractivity contribution in [3.8, 4) is 0 Å². The first-order valence-corrected chi connectivity index (χ1v) is 12.0. The number of amides is 1. The molecule has 3 heterocycles. The van der Waals surface area contributed by atoms with E-state index < -0.39 is 0 Å². The first-order chi connectivity index (χ1) is 16.7. The number of aryl methyl sites for hydroxylation is 1. The topological polar surface area (TPSA) is 39.7 Å². The zero-order chi connectivity index (χ0) is 23.1. The van der Waals surface area contributed by atoms with Gasteiger partial charge in [0.05, 0.1) is 5.52 Å². The van der Waals surface area contributed by atoms with Crippen molar-refractivity contribution in [3.05, 3.63) is 95.6 Å². The highest BCUT2D eigenvalue weighted by atomic mass is 16.2. The molecule has 3 aromatic carbocycles. The molecule has 0 unspecified atom stereocenters. The lowest BCUT2D eigenvalue weighted by Crippen LogP contribution is -2.48. The summed E-state index contributed by atoms with van der Waals surface area (Å²) >= 11 is 0. The number of para-hydroxylation sites is 1. The molecule has 1 amide bonds. The second-order valence-electron chi connectivity index (χ2n) is 9.23. The van der Waals surface area contributed by atoms with Crippen LogP contribution in [0.2, 0.25) is 0 Å².